The molecule has 0 atom stereocenters. The minimum absolute atomic E-state index is 0.129. The van der Waals surface area contributed by atoms with Crippen LogP contribution in [0.5, 0.6) is 0 Å². The van der Waals surface area contributed by atoms with Crippen molar-refractivity contribution in [3.05, 3.63) is 39.2 Å². The molecule has 1 heterocycles. The van der Waals surface area contributed by atoms with Crippen molar-refractivity contribution >= 4 is 44.4 Å². The Morgan fingerprint density at radius 1 is 1.53 bits per heavy atom. The molecule has 1 aromatic carbocycles. The molecule has 0 spiro atoms. The van der Waals surface area contributed by atoms with E-state index in [1.807, 2.05) is 0 Å². The topological polar surface area (TPSA) is 39.2 Å². The van der Waals surface area contributed by atoms with Crippen LogP contribution in [0.3, 0.4) is 0 Å². The normalized spacial score (nSPS) is 10.6. The van der Waals surface area contributed by atoms with Crippen molar-refractivity contribution in [1.82, 2.24) is 4.98 Å². The summed E-state index contributed by atoms with van der Waals surface area (Å²) in [5.41, 5.74) is 0.599. The summed E-state index contributed by atoms with van der Waals surface area (Å²) in [6.45, 7) is 0. The molecule has 2 aromatic rings. The maximum Gasteiger partial charge on any atom is 0.339 e. The number of benzene rings is 1. The Bertz CT molecular complexity index is 618. The van der Waals surface area contributed by atoms with Gasteiger partial charge in [0.2, 0.25) is 0 Å². The van der Waals surface area contributed by atoms with Gasteiger partial charge in [0, 0.05) is 5.39 Å². The third-order valence-electron chi connectivity index (χ3n) is 2.24. The number of pyridine rings is 1. The minimum atomic E-state index is -0.600. The van der Waals surface area contributed by atoms with Gasteiger partial charge in [-0.1, -0.05) is 11.6 Å². The van der Waals surface area contributed by atoms with Gasteiger partial charge in [0.1, 0.15) is 11.0 Å². The average Bonchev–Trinajstić information content (AvgIpc) is 2.31. The van der Waals surface area contributed by atoms with E-state index in [1.165, 1.54) is 25.3 Å². The van der Waals surface area contributed by atoms with Crippen LogP contribution in [-0.4, -0.2) is 18.1 Å². The summed E-state index contributed by atoms with van der Waals surface area (Å²) in [5, 5.41) is 0.484. The van der Waals surface area contributed by atoms with Crippen LogP contribution < -0.4 is 0 Å². The smallest absolute Gasteiger partial charge is 0.339 e. The van der Waals surface area contributed by atoms with Crippen LogP contribution in [0, 0.1) is 5.82 Å². The molecule has 3 nitrogen and oxygen atoms in total. The first-order valence-corrected chi connectivity index (χ1v) is 5.74. The van der Waals surface area contributed by atoms with E-state index in [0.29, 0.717) is 15.4 Å². The Morgan fingerprint density at radius 2 is 2.24 bits per heavy atom. The number of carbonyl (C=O) groups is 1. The van der Waals surface area contributed by atoms with E-state index in [-0.39, 0.29) is 10.7 Å². The molecule has 0 N–H and O–H groups in total. The summed E-state index contributed by atoms with van der Waals surface area (Å²) in [7, 11) is 1.24. The van der Waals surface area contributed by atoms with Crippen LogP contribution in [0.2, 0.25) is 5.15 Å². The summed E-state index contributed by atoms with van der Waals surface area (Å²) in [6.07, 6.45) is 0. The van der Waals surface area contributed by atoms with E-state index in [0.717, 1.165) is 0 Å². The Hall–Kier alpha value is -1.20. The van der Waals surface area contributed by atoms with Gasteiger partial charge >= 0.3 is 5.97 Å². The van der Waals surface area contributed by atoms with Gasteiger partial charge in [0.25, 0.3) is 0 Å². The summed E-state index contributed by atoms with van der Waals surface area (Å²) < 4.78 is 18.1. The van der Waals surface area contributed by atoms with Crippen LogP contribution in [0.15, 0.2) is 22.7 Å². The number of fused-ring (bicyclic) bond motifs is 1. The van der Waals surface area contributed by atoms with Crippen molar-refractivity contribution in [3.63, 3.8) is 0 Å². The molecule has 1 aromatic heterocycles. The van der Waals surface area contributed by atoms with Gasteiger partial charge in [-0.15, -0.1) is 0 Å². The summed E-state index contributed by atoms with van der Waals surface area (Å²) in [6, 6.07) is 3.92. The van der Waals surface area contributed by atoms with Crippen LogP contribution in [0.1, 0.15) is 10.4 Å². The number of halogens is 3. The molecule has 0 bridgehead atoms. The molecule has 0 fully saturated rings. The molecular weight excluding hydrogens is 312 g/mol. The maximum atomic E-state index is 13.2. The van der Waals surface area contributed by atoms with Crippen LogP contribution in [-0.2, 0) is 4.74 Å². The van der Waals surface area contributed by atoms with Crippen LogP contribution in [0.25, 0.3) is 10.9 Å². The summed E-state index contributed by atoms with van der Waals surface area (Å²) >= 11 is 9.02. The van der Waals surface area contributed by atoms with Crippen molar-refractivity contribution in [1.29, 1.82) is 0 Å². The highest BCUT2D eigenvalue weighted by atomic mass is 79.9. The number of methoxy groups -OCH3 is 1. The fraction of sp³-hybridized carbons (Fsp3) is 0.0909. The highest BCUT2D eigenvalue weighted by molar-refractivity contribution is 9.10. The number of hydrogen-bond donors (Lipinski definition) is 0. The first kappa shape index (κ1) is 12.3. The lowest BCUT2D eigenvalue weighted by molar-refractivity contribution is 0.0602. The molecule has 0 radical (unpaired) electrons. The van der Waals surface area contributed by atoms with Gasteiger partial charge in [-0.25, -0.2) is 14.2 Å². The first-order chi connectivity index (χ1) is 8.04. The molecule has 0 aliphatic heterocycles. The van der Waals surface area contributed by atoms with Gasteiger partial charge < -0.3 is 4.74 Å². The molecule has 0 saturated carbocycles. The number of carbonyl (C=O) groups excluding carboxylic acids is 1. The van der Waals surface area contributed by atoms with Crippen molar-refractivity contribution in [3.8, 4) is 0 Å². The molecule has 0 aliphatic carbocycles. The minimum Gasteiger partial charge on any atom is -0.465 e. The largest absolute Gasteiger partial charge is 0.465 e. The van der Waals surface area contributed by atoms with Crippen molar-refractivity contribution < 1.29 is 13.9 Å². The van der Waals surface area contributed by atoms with Crippen molar-refractivity contribution in [2.75, 3.05) is 7.11 Å². The lowest BCUT2D eigenvalue weighted by Gasteiger charge is -2.08. The molecule has 2 rings (SSSR count). The van der Waals surface area contributed by atoms with Gasteiger partial charge in [-0.05, 0) is 34.1 Å². The standard InChI is InChI=1S/C11H6BrClFNO2/c1-17-11(16)8-6-4-5(14)2-3-7(6)15-10(13)9(8)12/h2-4H,1H3. The number of hydrogen-bond acceptors (Lipinski definition) is 3. The molecule has 0 unspecified atom stereocenters. The average molecular weight is 319 g/mol. The zero-order chi connectivity index (χ0) is 12.6. The number of esters is 1. The van der Waals surface area contributed by atoms with Crippen molar-refractivity contribution in [2.45, 2.75) is 0 Å². The maximum absolute atomic E-state index is 13.2. The van der Waals surface area contributed by atoms with E-state index in [4.69, 9.17) is 11.6 Å². The third-order valence-corrected chi connectivity index (χ3v) is 3.51. The quantitative estimate of drug-likeness (QED) is 0.596. The predicted octanol–water partition coefficient (Wildman–Crippen LogP) is 3.58. The van der Waals surface area contributed by atoms with Crippen molar-refractivity contribution in [2.24, 2.45) is 0 Å². The fourth-order valence-electron chi connectivity index (χ4n) is 1.48. The van der Waals surface area contributed by atoms with Gasteiger partial charge in [0.15, 0.2) is 0 Å². The Balaban J connectivity index is 2.89. The highest BCUT2D eigenvalue weighted by Crippen LogP contribution is 2.31. The third kappa shape index (κ3) is 2.12. The fourth-order valence-corrected chi connectivity index (χ4v) is 2.13. The lowest BCUT2D eigenvalue weighted by Crippen LogP contribution is -2.05. The van der Waals surface area contributed by atoms with Gasteiger partial charge in [0.05, 0.1) is 22.7 Å². The second kappa shape index (κ2) is 4.58. The number of rotatable bonds is 1. The molecule has 0 saturated heterocycles. The van der Waals surface area contributed by atoms with E-state index in [1.54, 1.807) is 0 Å². The van der Waals surface area contributed by atoms with E-state index in [9.17, 15) is 9.18 Å². The number of nitrogens with zero attached hydrogens (tertiary/aromatic N) is 1. The Kier molecular flexibility index (Phi) is 3.31. The molecule has 0 amide bonds. The first-order valence-electron chi connectivity index (χ1n) is 4.57. The lowest BCUT2D eigenvalue weighted by atomic mass is 10.1. The van der Waals surface area contributed by atoms with Crippen LogP contribution >= 0.6 is 27.5 Å². The molecular formula is C11H6BrClFNO2. The number of ether oxygens (including phenoxy) is 1. The molecule has 17 heavy (non-hydrogen) atoms. The van der Waals surface area contributed by atoms with E-state index < -0.39 is 11.8 Å². The second-order valence-corrected chi connectivity index (χ2v) is 4.40. The Labute approximate surface area is 110 Å². The monoisotopic (exact) mass is 317 g/mol. The predicted molar refractivity (Wildman–Crippen MR) is 65.8 cm³/mol. The van der Waals surface area contributed by atoms with Crippen LogP contribution in [0.4, 0.5) is 4.39 Å². The van der Waals surface area contributed by atoms with E-state index >= 15 is 0 Å². The zero-order valence-electron chi connectivity index (χ0n) is 8.63. The molecule has 0 aliphatic rings. The van der Waals surface area contributed by atoms with Gasteiger partial charge in [-0.3, -0.25) is 0 Å². The molecule has 88 valence electrons. The molecule has 6 heteroatoms. The second-order valence-electron chi connectivity index (χ2n) is 3.24. The summed E-state index contributed by atoms with van der Waals surface area (Å²) in [4.78, 5) is 15.7. The van der Waals surface area contributed by atoms with Gasteiger partial charge in [-0.2, -0.15) is 0 Å². The highest BCUT2D eigenvalue weighted by Gasteiger charge is 2.19. The van der Waals surface area contributed by atoms with E-state index in [2.05, 4.69) is 25.7 Å². The summed E-state index contributed by atoms with van der Waals surface area (Å²) in [5.74, 6) is -1.06. The SMILES string of the molecule is COC(=O)c1c(Br)c(Cl)nc2ccc(F)cc12. The zero-order valence-corrected chi connectivity index (χ0v) is 11.0. The Morgan fingerprint density at radius 3 is 2.88 bits per heavy atom. The number of aromatic nitrogens is 1.